The predicted molar refractivity (Wildman–Crippen MR) is 85.9 cm³/mol. The first kappa shape index (κ1) is 17.2. The fourth-order valence-corrected chi connectivity index (χ4v) is 2.24. The van der Waals surface area contributed by atoms with Crippen LogP contribution in [-0.2, 0) is 4.79 Å². The summed E-state index contributed by atoms with van der Waals surface area (Å²) in [6.07, 6.45) is -0.851. The van der Waals surface area contributed by atoms with Gasteiger partial charge in [0.15, 0.2) is 6.10 Å². The van der Waals surface area contributed by atoms with Crippen molar-refractivity contribution >= 4 is 17.5 Å². The Morgan fingerprint density at radius 2 is 2.00 bits per heavy atom. The van der Waals surface area contributed by atoms with E-state index in [4.69, 9.17) is 16.3 Å². The van der Waals surface area contributed by atoms with E-state index in [1.54, 1.807) is 6.92 Å². The molecule has 6 heteroatoms. The quantitative estimate of drug-likeness (QED) is 0.851. The number of aliphatic hydroxyl groups excluding tert-OH is 1. The lowest BCUT2D eigenvalue weighted by Crippen LogP contribution is -2.39. The first-order valence-electron chi connectivity index (χ1n) is 7.09. The minimum Gasteiger partial charge on any atom is -0.479 e. The molecule has 0 fully saturated rings. The number of amides is 1. The molecule has 0 aliphatic carbocycles. The van der Waals surface area contributed by atoms with Gasteiger partial charge in [0.05, 0.1) is 17.7 Å². The van der Waals surface area contributed by atoms with Crippen LogP contribution in [0.2, 0.25) is 5.02 Å². The van der Waals surface area contributed by atoms with Crippen molar-refractivity contribution in [1.82, 2.24) is 5.32 Å². The second-order valence-electron chi connectivity index (χ2n) is 4.99. The van der Waals surface area contributed by atoms with Crippen LogP contribution in [0.1, 0.15) is 18.5 Å². The Labute approximate surface area is 138 Å². The van der Waals surface area contributed by atoms with Gasteiger partial charge in [-0.1, -0.05) is 41.9 Å². The van der Waals surface area contributed by atoms with Crippen molar-refractivity contribution in [2.75, 3.05) is 6.61 Å². The van der Waals surface area contributed by atoms with Crippen LogP contribution in [0.3, 0.4) is 0 Å². The van der Waals surface area contributed by atoms with Gasteiger partial charge in [-0.3, -0.25) is 4.79 Å². The monoisotopic (exact) mass is 337 g/mol. The van der Waals surface area contributed by atoms with Crippen LogP contribution in [0.5, 0.6) is 5.75 Å². The first-order valence-corrected chi connectivity index (χ1v) is 7.47. The summed E-state index contributed by atoms with van der Waals surface area (Å²) in [6, 6.07) is 12.3. The molecule has 2 unspecified atom stereocenters. The number of carbonyl (C=O) groups excluding carboxylic acids is 1. The average molecular weight is 338 g/mol. The van der Waals surface area contributed by atoms with Crippen molar-refractivity contribution in [2.24, 2.45) is 0 Å². The number of rotatable bonds is 6. The van der Waals surface area contributed by atoms with Gasteiger partial charge >= 0.3 is 0 Å². The largest absolute Gasteiger partial charge is 0.479 e. The highest BCUT2D eigenvalue weighted by Crippen LogP contribution is 2.26. The molecular formula is C17H17ClFNO3. The lowest BCUT2D eigenvalue weighted by Gasteiger charge is -2.20. The number of ether oxygens (including phenoxy) is 1. The highest BCUT2D eigenvalue weighted by molar-refractivity contribution is 6.32. The number of benzene rings is 2. The fourth-order valence-electron chi connectivity index (χ4n) is 2.02. The molecule has 0 aliphatic heterocycles. The Morgan fingerprint density at radius 1 is 1.30 bits per heavy atom. The molecule has 2 aromatic rings. The molecule has 0 heterocycles. The van der Waals surface area contributed by atoms with Gasteiger partial charge < -0.3 is 15.2 Å². The third kappa shape index (κ3) is 4.68. The van der Waals surface area contributed by atoms with E-state index in [0.29, 0.717) is 0 Å². The number of nitrogens with one attached hydrogen (secondary N) is 1. The second-order valence-corrected chi connectivity index (χ2v) is 5.40. The topological polar surface area (TPSA) is 58.6 Å². The zero-order chi connectivity index (χ0) is 16.8. The van der Waals surface area contributed by atoms with E-state index in [9.17, 15) is 14.3 Å². The third-order valence-corrected chi connectivity index (χ3v) is 3.56. The maximum Gasteiger partial charge on any atom is 0.261 e. The normalized spacial score (nSPS) is 13.2. The standard InChI is InChI=1S/C17H17ClFNO3/c1-11(23-16-8-7-13(19)9-14(16)18)17(22)20-15(10-21)12-5-3-2-4-6-12/h2-9,11,15,21H,10H2,1H3,(H,20,22). The Balaban J connectivity index is 2.01. The Hall–Kier alpha value is -2.11. The Kier molecular flexibility index (Phi) is 5.96. The van der Waals surface area contributed by atoms with Crippen LogP contribution in [0.4, 0.5) is 4.39 Å². The van der Waals surface area contributed by atoms with Gasteiger partial charge in [0, 0.05) is 0 Å². The highest BCUT2D eigenvalue weighted by atomic mass is 35.5. The molecule has 4 nitrogen and oxygen atoms in total. The van der Waals surface area contributed by atoms with E-state index >= 15 is 0 Å². The Morgan fingerprint density at radius 3 is 2.61 bits per heavy atom. The zero-order valence-corrected chi connectivity index (χ0v) is 13.3. The van der Waals surface area contributed by atoms with E-state index in [2.05, 4.69) is 5.32 Å². The summed E-state index contributed by atoms with van der Waals surface area (Å²) in [6.45, 7) is 1.31. The molecule has 23 heavy (non-hydrogen) atoms. The first-order chi connectivity index (χ1) is 11.0. The van der Waals surface area contributed by atoms with Gasteiger partial charge in [-0.05, 0) is 30.7 Å². The van der Waals surface area contributed by atoms with Crippen LogP contribution in [0.15, 0.2) is 48.5 Å². The number of halogens is 2. The molecule has 0 saturated heterocycles. The molecule has 2 N–H and O–H groups in total. The number of carbonyl (C=O) groups is 1. The lowest BCUT2D eigenvalue weighted by molar-refractivity contribution is -0.128. The second kappa shape index (κ2) is 7.94. The van der Waals surface area contributed by atoms with E-state index in [0.717, 1.165) is 11.6 Å². The molecule has 1 amide bonds. The third-order valence-electron chi connectivity index (χ3n) is 3.27. The molecule has 0 saturated carbocycles. The molecule has 122 valence electrons. The molecule has 0 bridgehead atoms. The number of aliphatic hydroxyl groups is 1. The smallest absolute Gasteiger partial charge is 0.261 e. The highest BCUT2D eigenvalue weighted by Gasteiger charge is 2.20. The Bertz CT molecular complexity index is 666. The van der Waals surface area contributed by atoms with Crippen molar-refractivity contribution < 1.29 is 19.0 Å². The zero-order valence-electron chi connectivity index (χ0n) is 12.5. The van der Waals surface area contributed by atoms with Gasteiger partial charge in [-0.2, -0.15) is 0 Å². The summed E-state index contributed by atoms with van der Waals surface area (Å²) in [5.41, 5.74) is 0.787. The van der Waals surface area contributed by atoms with E-state index in [1.807, 2.05) is 30.3 Å². The lowest BCUT2D eigenvalue weighted by atomic mass is 10.1. The summed E-state index contributed by atoms with van der Waals surface area (Å²) in [5, 5.41) is 12.2. The minimum absolute atomic E-state index is 0.0893. The molecule has 0 spiro atoms. The summed E-state index contributed by atoms with van der Waals surface area (Å²) in [5.74, 6) is -0.673. The van der Waals surface area contributed by atoms with Crippen LogP contribution < -0.4 is 10.1 Å². The van der Waals surface area contributed by atoms with Crippen LogP contribution in [0.25, 0.3) is 0 Å². The maximum absolute atomic E-state index is 13.0. The molecule has 2 atom stereocenters. The van der Waals surface area contributed by atoms with Crippen molar-refractivity contribution in [3.05, 3.63) is 64.9 Å². The van der Waals surface area contributed by atoms with Crippen LogP contribution >= 0.6 is 11.6 Å². The van der Waals surface area contributed by atoms with Gasteiger partial charge in [0.25, 0.3) is 5.91 Å². The predicted octanol–water partition coefficient (Wildman–Crippen LogP) is 3.10. The SMILES string of the molecule is CC(Oc1ccc(F)cc1Cl)C(=O)NC(CO)c1ccccc1. The van der Waals surface area contributed by atoms with Crippen LogP contribution in [-0.4, -0.2) is 23.7 Å². The van der Waals surface area contributed by atoms with Crippen molar-refractivity contribution in [3.8, 4) is 5.75 Å². The molecule has 2 rings (SSSR count). The van der Waals surface area contributed by atoms with E-state index in [-0.39, 0.29) is 17.4 Å². The molecule has 0 radical (unpaired) electrons. The van der Waals surface area contributed by atoms with Crippen molar-refractivity contribution in [2.45, 2.75) is 19.1 Å². The molecule has 0 aliphatic rings. The van der Waals surface area contributed by atoms with E-state index < -0.39 is 23.9 Å². The van der Waals surface area contributed by atoms with Crippen molar-refractivity contribution in [1.29, 1.82) is 0 Å². The van der Waals surface area contributed by atoms with Crippen molar-refractivity contribution in [3.63, 3.8) is 0 Å². The summed E-state index contributed by atoms with van der Waals surface area (Å²) in [4.78, 5) is 12.2. The minimum atomic E-state index is -0.851. The number of hydrogen-bond donors (Lipinski definition) is 2. The average Bonchev–Trinajstić information content (AvgIpc) is 2.55. The summed E-state index contributed by atoms with van der Waals surface area (Å²) >= 11 is 5.87. The van der Waals surface area contributed by atoms with Gasteiger partial charge in [-0.25, -0.2) is 4.39 Å². The number of hydrogen-bond acceptors (Lipinski definition) is 3. The van der Waals surface area contributed by atoms with Gasteiger partial charge in [0.2, 0.25) is 0 Å². The van der Waals surface area contributed by atoms with E-state index in [1.165, 1.54) is 12.1 Å². The van der Waals surface area contributed by atoms with Crippen LogP contribution in [0, 0.1) is 5.82 Å². The molecular weight excluding hydrogens is 321 g/mol. The maximum atomic E-state index is 13.0. The molecule has 2 aromatic carbocycles. The summed E-state index contributed by atoms with van der Waals surface area (Å²) < 4.78 is 18.5. The molecule has 0 aromatic heterocycles. The fraction of sp³-hybridized carbons (Fsp3) is 0.235. The summed E-state index contributed by atoms with van der Waals surface area (Å²) in [7, 11) is 0. The van der Waals surface area contributed by atoms with Gasteiger partial charge in [0.1, 0.15) is 11.6 Å². The van der Waals surface area contributed by atoms with Gasteiger partial charge in [-0.15, -0.1) is 0 Å².